The monoisotopic (exact) mass is 698 g/mol. The number of carbonyl (C=O) groups excluding carboxylic acids is 4. The van der Waals surface area contributed by atoms with Crippen LogP contribution in [-0.4, -0.2) is 80.9 Å². The summed E-state index contributed by atoms with van der Waals surface area (Å²) in [5, 5.41) is 5.23. The number of anilines is 2. The number of carbonyl (C=O) groups is 4. The van der Waals surface area contributed by atoms with Crippen molar-refractivity contribution in [3.8, 4) is 11.1 Å². The number of urea groups is 2. The van der Waals surface area contributed by atoms with Gasteiger partial charge in [-0.3, -0.25) is 49.8 Å². The number of amides is 6. The lowest BCUT2D eigenvalue weighted by Crippen LogP contribution is -2.58. The molecule has 0 radical (unpaired) electrons. The number of likely N-dealkylation sites (tertiary alicyclic amines) is 2. The smallest absolute Gasteiger partial charge is 0.297 e. The van der Waals surface area contributed by atoms with Crippen molar-refractivity contribution in [2.45, 2.75) is 63.7 Å². The standard InChI is InChI=1S/C40H42N8O4/c1-27-8-6-18-41-31(27)25-45-20-14-39(15-21-45)35(49)43-37(51)47(39)33-13-12-30(29-10-4-3-5-11-29)24-34(33)48-38(52)44-36(50)40(48)16-22-46(23-17-40)26-32-28(2)9-7-19-42-32/h3-13,18-19,24H,14-17,20-23,25-26H2,1-2H3,(H,43,49,51)(H,44,50,52). The number of hydrogen-bond donors (Lipinski definition) is 2. The highest BCUT2D eigenvalue weighted by Gasteiger charge is 2.59. The third-order valence-electron chi connectivity index (χ3n) is 11.5. The summed E-state index contributed by atoms with van der Waals surface area (Å²) < 4.78 is 0. The zero-order chi connectivity index (χ0) is 36.0. The van der Waals surface area contributed by atoms with Gasteiger partial charge in [0.1, 0.15) is 11.1 Å². The number of benzene rings is 2. The van der Waals surface area contributed by atoms with Crippen LogP contribution in [0.5, 0.6) is 0 Å². The Hall–Kier alpha value is -5.46. The van der Waals surface area contributed by atoms with E-state index in [1.54, 1.807) is 22.2 Å². The highest BCUT2D eigenvalue weighted by atomic mass is 16.2. The van der Waals surface area contributed by atoms with Crippen molar-refractivity contribution in [2.75, 3.05) is 36.0 Å². The predicted molar refractivity (Wildman–Crippen MR) is 196 cm³/mol. The van der Waals surface area contributed by atoms with E-state index in [1.807, 2.05) is 86.6 Å². The topological polar surface area (TPSA) is 131 Å². The second-order valence-electron chi connectivity index (χ2n) is 14.4. The molecule has 4 aliphatic rings. The SMILES string of the molecule is Cc1cccnc1CN1CCC2(CC1)C(=O)NC(=O)N2c1ccc(-c2ccccc2)cc1N1C(=O)NC(=O)C12CCN(Cc1ncccc1C)CC2. The zero-order valence-corrected chi connectivity index (χ0v) is 29.5. The Morgan fingerprint density at radius 1 is 0.577 bits per heavy atom. The van der Waals surface area contributed by atoms with E-state index < -0.39 is 23.1 Å². The molecule has 4 aromatic rings. The lowest BCUT2D eigenvalue weighted by molar-refractivity contribution is -0.125. The van der Waals surface area contributed by atoms with Crippen LogP contribution in [0.25, 0.3) is 11.1 Å². The van der Waals surface area contributed by atoms with Crippen molar-refractivity contribution in [1.29, 1.82) is 0 Å². The van der Waals surface area contributed by atoms with Gasteiger partial charge in [0.15, 0.2) is 0 Å². The first-order chi connectivity index (χ1) is 25.2. The Labute approximate surface area is 302 Å². The Bertz CT molecular complexity index is 2050. The summed E-state index contributed by atoms with van der Waals surface area (Å²) in [6, 6.07) is 22.2. The summed E-state index contributed by atoms with van der Waals surface area (Å²) >= 11 is 0. The fourth-order valence-corrected chi connectivity index (χ4v) is 8.37. The van der Waals surface area contributed by atoms with Gasteiger partial charge in [-0.2, -0.15) is 0 Å². The average Bonchev–Trinajstić information content (AvgIpc) is 3.54. The van der Waals surface area contributed by atoms with Gasteiger partial charge < -0.3 is 0 Å². The van der Waals surface area contributed by atoms with Gasteiger partial charge in [-0.25, -0.2) is 9.59 Å². The Morgan fingerprint density at radius 3 is 1.54 bits per heavy atom. The van der Waals surface area contributed by atoms with Crippen LogP contribution >= 0.6 is 0 Å². The molecule has 4 aliphatic heterocycles. The molecular weight excluding hydrogens is 656 g/mol. The molecule has 2 aromatic heterocycles. The zero-order valence-electron chi connectivity index (χ0n) is 29.5. The molecule has 12 nitrogen and oxygen atoms in total. The molecule has 4 saturated heterocycles. The van der Waals surface area contributed by atoms with E-state index in [0.29, 0.717) is 76.3 Å². The molecule has 0 bridgehead atoms. The second-order valence-corrected chi connectivity index (χ2v) is 14.4. The first-order valence-electron chi connectivity index (χ1n) is 17.9. The van der Waals surface area contributed by atoms with Crippen LogP contribution in [0, 0.1) is 13.8 Å². The molecule has 8 rings (SSSR count). The maximum absolute atomic E-state index is 14.0. The second kappa shape index (κ2) is 13.3. The number of rotatable bonds is 7. The molecule has 0 saturated carbocycles. The van der Waals surface area contributed by atoms with Crippen molar-refractivity contribution in [1.82, 2.24) is 30.4 Å². The molecule has 4 fully saturated rings. The van der Waals surface area contributed by atoms with Crippen LogP contribution in [0.3, 0.4) is 0 Å². The molecular formula is C40H42N8O4. The summed E-state index contributed by atoms with van der Waals surface area (Å²) in [5.74, 6) is -0.698. The van der Waals surface area contributed by atoms with E-state index in [9.17, 15) is 19.2 Å². The van der Waals surface area contributed by atoms with Crippen LogP contribution in [0.1, 0.15) is 48.2 Å². The first-order valence-corrected chi connectivity index (χ1v) is 17.9. The molecule has 52 heavy (non-hydrogen) atoms. The minimum Gasteiger partial charge on any atom is -0.297 e. The quantitative estimate of drug-likeness (QED) is 0.260. The summed E-state index contributed by atoms with van der Waals surface area (Å²) in [4.78, 5) is 72.5. The highest BCUT2D eigenvalue weighted by Crippen LogP contribution is 2.47. The maximum Gasteiger partial charge on any atom is 0.329 e. The maximum atomic E-state index is 14.0. The Morgan fingerprint density at radius 2 is 1.06 bits per heavy atom. The summed E-state index contributed by atoms with van der Waals surface area (Å²) in [6.07, 6.45) is 5.16. The number of piperidine rings is 2. The lowest BCUT2D eigenvalue weighted by atomic mass is 9.84. The molecule has 0 unspecified atom stereocenters. The Balaban J connectivity index is 1.15. The van der Waals surface area contributed by atoms with E-state index in [0.717, 1.165) is 33.6 Å². The fraction of sp³-hybridized carbons (Fsp3) is 0.350. The molecule has 2 N–H and O–H groups in total. The summed E-state index contributed by atoms with van der Waals surface area (Å²) in [5.41, 5.74) is 4.44. The minimum atomic E-state index is -1.17. The van der Waals surface area contributed by atoms with E-state index in [4.69, 9.17) is 0 Å². The van der Waals surface area contributed by atoms with E-state index >= 15 is 0 Å². The fourth-order valence-electron chi connectivity index (χ4n) is 8.37. The molecule has 2 aromatic carbocycles. The number of nitrogens with one attached hydrogen (secondary N) is 2. The van der Waals surface area contributed by atoms with Crippen LogP contribution in [0.2, 0.25) is 0 Å². The van der Waals surface area contributed by atoms with Crippen molar-refractivity contribution in [3.63, 3.8) is 0 Å². The number of hydrogen-bond acceptors (Lipinski definition) is 8. The largest absolute Gasteiger partial charge is 0.329 e. The normalized spacial score (nSPS) is 20.2. The number of aryl methyl sites for hydroxylation is 2. The molecule has 6 amide bonds. The van der Waals surface area contributed by atoms with Gasteiger partial charge in [0.25, 0.3) is 11.8 Å². The number of pyridine rings is 2. The van der Waals surface area contributed by atoms with E-state index in [1.165, 1.54) is 0 Å². The highest BCUT2D eigenvalue weighted by molar-refractivity contribution is 6.22. The molecule has 2 spiro atoms. The summed E-state index contributed by atoms with van der Waals surface area (Å²) in [6.45, 7) is 7.64. The minimum absolute atomic E-state index is 0.348. The van der Waals surface area contributed by atoms with Crippen molar-refractivity contribution < 1.29 is 19.2 Å². The third kappa shape index (κ3) is 5.72. The van der Waals surface area contributed by atoms with Gasteiger partial charge >= 0.3 is 12.1 Å². The molecule has 0 aliphatic carbocycles. The van der Waals surface area contributed by atoms with Crippen LogP contribution in [-0.2, 0) is 22.7 Å². The average molecular weight is 699 g/mol. The third-order valence-corrected chi connectivity index (χ3v) is 11.5. The summed E-state index contributed by atoms with van der Waals surface area (Å²) in [7, 11) is 0. The van der Waals surface area contributed by atoms with E-state index in [-0.39, 0.29) is 11.8 Å². The van der Waals surface area contributed by atoms with Gasteiger partial charge in [-0.1, -0.05) is 48.5 Å². The van der Waals surface area contributed by atoms with Gasteiger partial charge in [-0.05, 0) is 86.1 Å². The van der Waals surface area contributed by atoms with Gasteiger partial charge in [0.05, 0.1) is 22.8 Å². The Kier molecular flexibility index (Phi) is 8.59. The molecule has 6 heterocycles. The van der Waals surface area contributed by atoms with Crippen LogP contribution in [0.4, 0.5) is 21.0 Å². The number of nitrogens with zero attached hydrogens (tertiary/aromatic N) is 6. The molecule has 0 atom stereocenters. The van der Waals surface area contributed by atoms with E-state index in [2.05, 4.69) is 30.4 Å². The van der Waals surface area contributed by atoms with Gasteiger partial charge in [0, 0.05) is 51.7 Å². The lowest BCUT2D eigenvalue weighted by Gasteiger charge is -2.45. The molecule has 266 valence electrons. The van der Waals surface area contributed by atoms with Crippen LogP contribution < -0.4 is 20.4 Å². The van der Waals surface area contributed by atoms with Crippen molar-refractivity contribution in [3.05, 3.63) is 108 Å². The van der Waals surface area contributed by atoms with Gasteiger partial charge in [-0.15, -0.1) is 0 Å². The predicted octanol–water partition coefficient (Wildman–Crippen LogP) is 4.94. The van der Waals surface area contributed by atoms with Crippen molar-refractivity contribution in [2.24, 2.45) is 0 Å². The van der Waals surface area contributed by atoms with Crippen molar-refractivity contribution >= 4 is 35.3 Å². The number of imide groups is 2. The molecule has 12 heteroatoms. The number of aromatic nitrogens is 2. The van der Waals surface area contributed by atoms with Crippen LogP contribution in [0.15, 0.2) is 85.2 Å². The van der Waals surface area contributed by atoms with Gasteiger partial charge in [0.2, 0.25) is 0 Å². The first kappa shape index (κ1) is 33.7.